The maximum absolute atomic E-state index is 6.22. The van der Waals surface area contributed by atoms with E-state index < -0.39 is 0 Å². The van der Waals surface area contributed by atoms with E-state index in [0.717, 1.165) is 18.4 Å². The number of nitrogens with zero attached hydrogens (tertiary/aromatic N) is 1. The van der Waals surface area contributed by atoms with E-state index in [1.54, 1.807) is 0 Å². The molecule has 18 heavy (non-hydrogen) atoms. The van der Waals surface area contributed by atoms with Crippen molar-refractivity contribution in [1.82, 2.24) is 4.90 Å². The number of nitrogens with two attached hydrogens (primary N) is 1. The molecule has 2 N–H and O–H groups in total. The van der Waals surface area contributed by atoms with Crippen LogP contribution in [0.15, 0.2) is 0 Å². The maximum Gasteiger partial charge on any atom is 0.0337 e. The Morgan fingerprint density at radius 3 is 2.17 bits per heavy atom. The van der Waals surface area contributed by atoms with E-state index in [9.17, 15) is 0 Å². The fraction of sp³-hybridized carbons (Fsp3) is 1.00. The van der Waals surface area contributed by atoms with Crippen LogP contribution in [-0.4, -0.2) is 29.6 Å². The zero-order chi connectivity index (χ0) is 13.9. The first-order chi connectivity index (χ1) is 8.32. The van der Waals surface area contributed by atoms with Crippen molar-refractivity contribution in [3.63, 3.8) is 0 Å². The van der Waals surface area contributed by atoms with Crippen LogP contribution in [-0.2, 0) is 0 Å². The Hall–Kier alpha value is -0.0800. The molecule has 0 aromatic heterocycles. The molecule has 1 fully saturated rings. The lowest BCUT2D eigenvalue weighted by Gasteiger charge is -2.52. The van der Waals surface area contributed by atoms with Crippen LogP contribution in [0.1, 0.15) is 60.8 Å². The number of hydrogen-bond acceptors (Lipinski definition) is 2. The summed E-state index contributed by atoms with van der Waals surface area (Å²) in [6.45, 7) is 16.1. The second-order valence-corrected chi connectivity index (χ2v) is 7.27. The van der Waals surface area contributed by atoms with Crippen molar-refractivity contribution in [2.45, 2.75) is 72.4 Å². The second kappa shape index (κ2) is 6.38. The van der Waals surface area contributed by atoms with E-state index in [1.807, 2.05) is 0 Å². The van der Waals surface area contributed by atoms with E-state index >= 15 is 0 Å². The highest BCUT2D eigenvalue weighted by Gasteiger charge is 2.42. The first-order valence-electron chi connectivity index (χ1n) is 7.79. The SMILES string of the molecule is CC(C)CN(C(C)C)C1(CN)CCC(C)C(C)C1. The lowest BCUT2D eigenvalue weighted by atomic mass is 9.70. The molecule has 1 rings (SSSR count). The molecule has 3 unspecified atom stereocenters. The average Bonchev–Trinajstić information content (AvgIpc) is 2.29. The fourth-order valence-electron chi connectivity index (χ4n) is 3.59. The molecule has 0 saturated heterocycles. The average molecular weight is 254 g/mol. The highest BCUT2D eigenvalue weighted by atomic mass is 15.2. The molecule has 0 aromatic carbocycles. The van der Waals surface area contributed by atoms with Crippen molar-refractivity contribution >= 4 is 0 Å². The zero-order valence-electron chi connectivity index (χ0n) is 13.4. The van der Waals surface area contributed by atoms with Crippen LogP contribution >= 0.6 is 0 Å². The van der Waals surface area contributed by atoms with Gasteiger partial charge in [-0.2, -0.15) is 0 Å². The predicted molar refractivity (Wildman–Crippen MR) is 80.6 cm³/mol. The molecule has 1 aliphatic rings. The van der Waals surface area contributed by atoms with Crippen LogP contribution in [0.3, 0.4) is 0 Å². The molecule has 1 saturated carbocycles. The van der Waals surface area contributed by atoms with Crippen molar-refractivity contribution in [1.29, 1.82) is 0 Å². The molecule has 0 spiro atoms. The standard InChI is InChI=1S/C16H34N2/c1-12(2)10-18(13(3)4)16(11-17)8-7-14(5)15(6)9-16/h12-15H,7-11,17H2,1-6H3. The molecule has 0 heterocycles. The molecule has 0 radical (unpaired) electrons. The van der Waals surface area contributed by atoms with Crippen LogP contribution in [0, 0.1) is 17.8 Å². The first kappa shape index (κ1) is 16.0. The van der Waals surface area contributed by atoms with Crippen LogP contribution in [0.25, 0.3) is 0 Å². The maximum atomic E-state index is 6.22. The van der Waals surface area contributed by atoms with Crippen LogP contribution in [0.2, 0.25) is 0 Å². The third-order valence-corrected chi connectivity index (χ3v) is 4.91. The van der Waals surface area contributed by atoms with Crippen molar-refractivity contribution in [2.24, 2.45) is 23.5 Å². The summed E-state index contributed by atoms with van der Waals surface area (Å²) in [7, 11) is 0. The lowest BCUT2D eigenvalue weighted by molar-refractivity contribution is -0.00765. The van der Waals surface area contributed by atoms with E-state index in [2.05, 4.69) is 46.4 Å². The van der Waals surface area contributed by atoms with Crippen molar-refractivity contribution in [3.8, 4) is 0 Å². The van der Waals surface area contributed by atoms with E-state index in [-0.39, 0.29) is 5.54 Å². The minimum absolute atomic E-state index is 0.254. The molecular weight excluding hydrogens is 220 g/mol. The van der Waals surface area contributed by atoms with Gasteiger partial charge >= 0.3 is 0 Å². The summed E-state index contributed by atoms with van der Waals surface area (Å²) in [6.07, 6.45) is 3.88. The fourth-order valence-corrected chi connectivity index (χ4v) is 3.59. The number of hydrogen-bond donors (Lipinski definition) is 1. The Bertz CT molecular complexity index is 249. The monoisotopic (exact) mass is 254 g/mol. The highest BCUT2D eigenvalue weighted by molar-refractivity contribution is 4.98. The zero-order valence-corrected chi connectivity index (χ0v) is 13.4. The van der Waals surface area contributed by atoms with Gasteiger partial charge in [-0.25, -0.2) is 0 Å². The summed E-state index contributed by atoms with van der Waals surface area (Å²) < 4.78 is 0. The molecule has 2 heteroatoms. The van der Waals surface area contributed by atoms with E-state index in [0.29, 0.717) is 12.0 Å². The van der Waals surface area contributed by atoms with Gasteiger partial charge in [0.05, 0.1) is 0 Å². The molecule has 1 aliphatic carbocycles. The second-order valence-electron chi connectivity index (χ2n) is 7.27. The lowest BCUT2D eigenvalue weighted by Crippen LogP contribution is -2.60. The normalized spacial score (nSPS) is 33.7. The number of rotatable bonds is 5. The first-order valence-corrected chi connectivity index (χ1v) is 7.79. The van der Waals surface area contributed by atoms with Gasteiger partial charge < -0.3 is 5.73 Å². The topological polar surface area (TPSA) is 29.3 Å². The van der Waals surface area contributed by atoms with Crippen molar-refractivity contribution < 1.29 is 0 Å². The molecule has 0 amide bonds. The summed E-state index contributed by atoms with van der Waals surface area (Å²) in [4.78, 5) is 2.69. The Labute approximate surface area is 114 Å². The third kappa shape index (κ3) is 3.48. The van der Waals surface area contributed by atoms with Crippen LogP contribution in [0.4, 0.5) is 0 Å². The van der Waals surface area contributed by atoms with Gasteiger partial charge in [-0.05, 0) is 50.9 Å². The van der Waals surface area contributed by atoms with Crippen molar-refractivity contribution in [2.75, 3.05) is 13.1 Å². The van der Waals surface area contributed by atoms with Gasteiger partial charge in [-0.15, -0.1) is 0 Å². The van der Waals surface area contributed by atoms with Gasteiger partial charge in [0.25, 0.3) is 0 Å². The molecular formula is C16H34N2. The summed E-state index contributed by atoms with van der Waals surface area (Å²) in [5.41, 5.74) is 6.47. The van der Waals surface area contributed by atoms with Gasteiger partial charge in [-0.1, -0.05) is 27.7 Å². The Morgan fingerprint density at radius 1 is 1.17 bits per heavy atom. The summed E-state index contributed by atoms with van der Waals surface area (Å²) in [5.74, 6) is 2.37. The van der Waals surface area contributed by atoms with Crippen LogP contribution in [0.5, 0.6) is 0 Å². The molecule has 108 valence electrons. The third-order valence-electron chi connectivity index (χ3n) is 4.91. The smallest absolute Gasteiger partial charge is 0.0337 e. The van der Waals surface area contributed by atoms with Crippen molar-refractivity contribution in [3.05, 3.63) is 0 Å². The van der Waals surface area contributed by atoms with Gasteiger partial charge in [-0.3, -0.25) is 4.90 Å². The van der Waals surface area contributed by atoms with Gasteiger partial charge in [0.2, 0.25) is 0 Å². The van der Waals surface area contributed by atoms with Gasteiger partial charge in [0, 0.05) is 24.7 Å². The Morgan fingerprint density at radius 2 is 1.78 bits per heavy atom. The van der Waals surface area contributed by atoms with Gasteiger partial charge in [0.15, 0.2) is 0 Å². The predicted octanol–water partition coefficient (Wildman–Crippen LogP) is 3.51. The summed E-state index contributed by atoms with van der Waals surface area (Å²) >= 11 is 0. The summed E-state index contributed by atoms with van der Waals surface area (Å²) in [5, 5.41) is 0. The van der Waals surface area contributed by atoms with Crippen LogP contribution < -0.4 is 5.73 Å². The Balaban J connectivity index is 2.89. The highest BCUT2D eigenvalue weighted by Crippen LogP contribution is 2.40. The van der Waals surface area contributed by atoms with E-state index in [4.69, 9.17) is 5.73 Å². The minimum atomic E-state index is 0.254. The summed E-state index contributed by atoms with van der Waals surface area (Å²) in [6, 6.07) is 0.594. The largest absolute Gasteiger partial charge is 0.329 e. The minimum Gasteiger partial charge on any atom is -0.329 e. The Kier molecular flexibility index (Phi) is 5.67. The molecule has 2 nitrogen and oxygen atoms in total. The molecule has 0 aliphatic heterocycles. The van der Waals surface area contributed by atoms with Gasteiger partial charge in [0.1, 0.15) is 0 Å². The molecule has 0 aromatic rings. The van der Waals surface area contributed by atoms with E-state index in [1.165, 1.54) is 25.8 Å². The molecule has 0 bridgehead atoms. The molecule has 3 atom stereocenters. The quantitative estimate of drug-likeness (QED) is 0.813.